The molecule has 0 bridgehead atoms. The maximum Gasteiger partial charge on any atom is 0.243 e. The molecule has 0 spiro atoms. The van der Waals surface area contributed by atoms with E-state index in [1.54, 1.807) is 12.1 Å². The van der Waals surface area contributed by atoms with Crippen LogP contribution in [0.25, 0.3) is 0 Å². The minimum atomic E-state index is -0.205. The van der Waals surface area contributed by atoms with Gasteiger partial charge in [-0.25, -0.2) is 0 Å². The first-order chi connectivity index (χ1) is 9.15. The van der Waals surface area contributed by atoms with E-state index in [2.05, 4.69) is 16.0 Å². The van der Waals surface area contributed by atoms with Gasteiger partial charge in [0.2, 0.25) is 5.91 Å². The number of carbonyl (C=O) groups is 1. The monoisotopic (exact) mass is 256 g/mol. The van der Waals surface area contributed by atoms with E-state index in [4.69, 9.17) is 0 Å². The first kappa shape index (κ1) is 11.8. The highest BCUT2D eigenvalue weighted by molar-refractivity contribution is 5.82. The second-order valence-electron chi connectivity index (χ2n) is 4.94. The van der Waals surface area contributed by atoms with Crippen molar-refractivity contribution in [1.82, 2.24) is 9.88 Å². The lowest BCUT2D eigenvalue weighted by atomic mass is 10.0. The number of nitrogens with one attached hydrogen (secondary N) is 1. The number of nitrogens with zero attached hydrogens (tertiary/aromatic N) is 1. The third-order valence-corrected chi connectivity index (χ3v) is 3.63. The van der Waals surface area contributed by atoms with Crippen molar-refractivity contribution < 1.29 is 9.90 Å². The second kappa shape index (κ2) is 4.46. The van der Waals surface area contributed by atoms with E-state index in [9.17, 15) is 9.90 Å². The lowest BCUT2D eigenvalue weighted by Crippen LogP contribution is -2.40. The molecule has 2 aromatic rings. The van der Waals surface area contributed by atoms with Gasteiger partial charge in [0.15, 0.2) is 0 Å². The summed E-state index contributed by atoms with van der Waals surface area (Å²) in [5.41, 5.74) is 3.29. The lowest BCUT2D eigenvalue weighted by Gasteiger charge is -2.27. The van der Waals surface area contributed by atoms with Gasteiger partial charge in [-0.05, 0) is 36.8 Å². The summed E-state index contributed by atoms with van der Waals surface area (Å²) in [7, 11) is 0. The fraction of sp³-hybridized carbons (Fsp3) is 0.267. The van der Waals surface area contributed by atoms with Gasteiger partial charge in [0.05, 0.1) is 6.54 Å². The third kappa shape index (κ3) is 2.10. The van der Waals surface area contributed by atoms with E-state index >= 15 is 0 Å². The Balaban J connectivity index is 1.93. The van der Waals surface area contributed by atoms with Gasteiger partial charge in [0, 0.05) is 17.8 Å². The Morgan fingerprint density at radius 2 is 2.00 bits per heavy atom. The van der Waals surface area contributed by atoms with Crippen molar-refractivity contribution in [3.63, 3.8) is 0 Å². The predicted molar refractivity (Wildman–Crippen MR) is 71.9 cm³/mol. The SMILES string of the molecule is Cc1ccc2n1[C@@H](Cc1ccc(O)cc1)C(=O)NC2. The van der Waals surface area contributed by atoms with Gasteiger partial charge in [-0.3, -0.25) is 4.79 Å². The molecule has 0 radical (unpaired) electrons. The van der Waals surface area contributed by atoms with Crippen LogP contribution < -0.4 is 5.32 Å². The third-order valence-electron chi connectivity index (χ3n) is 3.63. The number of amides is 1. The van der Waals surface area contributed by atoms with Crippen molar-refractivity contribution >= 4 is 5.91 Å². The Labute approximate surface area is 111 Å². The molecule has 4 heteroatoms. The van der Waals surface area contributed by atoms with Crippen LogP contribution in [-0.4, -0.2) is 15.6 Å². The zero-order valence-corrected chi connectivity index (χ0v) is 10.8. The molecule has 0 saturated carbocycles. The molecule has 1 aromatic carbocycles. The van der Waals surface area contributed by atoms with Gasteiger partial charge in [-0.2, -0.15) is 0 Å². The second-order valence-corrected chi connectivity index (χ2v) is 4.94. The molecule has 1 aliphatic rings. The van der Waals surface area contributed by atoms with E-state index in [-0.39, 0.29) is 17.7 Å². The van der Waals surface area contributed by atoms with Crippen LogP contribution in [-0.2, 0) is 17.8 Å². The minimum Gasteiger partial charge on any atom is -0.508 e. The summed E-state index contributed by atoms with van der Waals surface area (Å²) in [4.78, 5) is 12.1. The van der Waals surface area contributed by atoms with Crippen LogP contribution in [0.15, 0.2) is 36.4 Å². The summed E-state index contributed by atoms with van der Waals surface area (Å²) >= 11 is 0. The topological polar surface area (TPSA) is 54.3 Å². The number of aryl methyl sites for hydroxylation is 1. The van der Waals surface area contributed by atoms with Gasteiger partial charge in [-0.1, -0.05) is 12.1 Å². The average molecular weight is 256 g/mol. The summed E-state index contributed by atoms with van der Waals surface area (Å²) in [6.45, 7) is 2.62. The number of phenolic OH excluding ortho intramolecular Hbond substituents is 1. The maximum absolute atomic E-state index is 12.1. The first-order valence-corrected chi connectivity index (χ1v) is 6.37. The van der Waals surface area contributed by atoms with Crippen LogP contribution in [0.3, 0.4) is 0 Å². The molecule has 1 aromatic heterocycles. The number of hydrogen-bond donors (Lipinski definition) is 2. The number of hydrogen-bond acceptors (Lipinski definition) is 2. The summed E-state index contributed by atoms with van der Waals surface area (Å²) in [6.07, 6.45) is 0.634. The van der Waals surface area contributed by atoms with Gasteiger partial charge in [-0.15, -0.1) is 0 Å². The smallest absolute Gasteiger partial charge is 0.243 e. The number of aromatic hydroxyl groups is 1. The molecule has 1 amide bonds. The standard InChI is InChI=1S/C15H16N2O2/c1-10-2-5-12-9-16-15(19)14(17(10)12)8-11-3-6-13(18)7-4-11/h2-7,14,18H,8-9H2,1H3,(H,16,19)/t14-/m0/s1. The zero-order valence-electron chi connectivity index (χ0n) is 10.8. The Kier molecular flexibility index (Phi) is 2.78. The van der Waals surface area contributed by atoms with Gasteiger partial charge < -0.3 is 15.0 Å². The van der Waals surface area contributed by atoms with Crippen molar-refractivity contribution in [3.05, 3.63) is 53.3 Å². The van der Waals surface area contributed by atoms with Crippen LogP contribution in [0.1, 0.15) is 23.0 Å². The van der Waals surface area contributed by atoms with Crippen molar-refractivity contribution in [2.24, 2.45) is 0 Å². The van der Waals surface area contributed by atoms with Gasteiger partial charge >= 0.3 is 0 Å². The number of rotatable bonds is 2. The van der Waals surface area contributed by atoms with Gasteiger partial charge in [0.25, 0.3) is 0 Å². The fourth-order valence-electron chi connectivity index (χ4n) is 2.65. The summed E-state index contributed by atoms with van der Waals surface area (Å²) < 4.78 is 2.10. The van der Waals surface area contributed by atoms with Crippen LogP contribution in [0.4, 0.5) is 0 Å². The molecule has 98 valence electrons. The van der Waals surface area contributed by atoms with Crippen molar-refractivity contribution in [2.75, 3.05) is 0 Å². The number of phenols is 1. The molecule has 0 fully saturated rings. The summed E-state index contributed by atoms with van der Waals surface area (Å²) in [5.74, 6) is 0.301. The van der Waals surface area contributed by atoms with Gasteiger partial charge in [0.1, 0.15) is 11.8 Å². The van der Waals surface area contributed by atoms with Crippen LogP contribution >= 0.6 is 0 Å². The van der Waals surface area contributed by atoms with E-state index in [1.165, 1.54) is 0 Å². The summed E-state index contributed by atoms with van der Waals surface area (Å²) in [6, 6.07) is 10.9. The number of carbonyl (C=O) groups excluding carboxylic acids is 1. The highest BCUT2D eigenvalue weighted by Crippen LogP contribution is 2.24. The van der Waals surface area contributed by atoms with E-state index in [1.807, 2.05) is 25.1 Å². The maximum atomic E-state index is 12.1. The largest absolute Gasteiger partial charge is 0.508 e. The Morgan fingerprint density at radius 3 is 2.74 bits per heavy atom. The van der Waals surface area contributed by atoms with Crippen LogP contribution in [0, 0.1) is 6.92 Å². The quantitative estimate of drug-likeness (QED) is 0.862. The molecular weight excluding hydrogens is 240 g/mol. The Bertz CT molecular complexity index is 614. The van der Waals surface area contributed by atoms with Crippen molar-refractivity contribution in [1.29, 1.82) is 0 Å². The number of fused-ring (bicyclic) bond motifs is 1. The van der Waals surface area contributed by atoms with Crippen LogP contribution in [0.5, 0.6) is 5.75 Å². The highest BCUT2D eigenvalue weighted by atomic mass is 16.3. The molecule has 19 heavy (non-hydrogen) atoms. The molecule has 0 unspecified atom stereocenters. The van der Waals surface area contributed by atoms with E-state index < -0.39 is 0 Å². The van der Waals surface area contributed by atoms with E-state index in [0.29, 0.717) is 13.0 Å². The fourth-order valence-corrected chi connectivity index (χ4v) is 2.65. The number of aromatic nitrogens is 1. The Hall–Kier alpha value is -2.23. The predicted octanol–water partition coefficient (Wildman–Crippen LogP) is 1.92. The lowest BCUT2D eigenvalue weighted by molar-refractivity contribution is -0.125. The normalized spacial score (nSPS) is 17.9. The molecular formula is C15H16N2O2. The van der Waals surface area contributed by atoms with Crippen molar-refractivity contribution in [2.45, 2.75) is 25.9 Å². The van der Waals surface area contributed by atoms with E-state index in [0.717, 1.165) is 17.0 Å². The van der Waals surface area contributed by atoms with Crippen LogP contribution in [0.2, 0.25) is 0 Å². The average Bonchev–Trinajstić information content (AvgIpc) is 2.77. The Morgan fingerprint density at radius 1 is 1.26 bits per heavy atom. The molecule has 0 aliphatic carbocycles. The number of benzene rings is 1. The molecule has 2 heterocycles. The molecule has 3 rings (SSSR count). The molecule has 0 saturated heterocycles. The first-order valence-electron chi connectivity index (χ1n) is 6.37. The highest BCUT2D eigenvalue weighted by Gasteiger charge is 2.27. The minimum absolute atomic E-state index is 0.0554. The molecule has 1 atom stereocenters. The van der Waals surface area contributed by atoms with Crippen molar-refractivity contribution in [3.8, 4) is 5.75 Å². The zero-order chi connectivity index (χ0) is 13.4. The molecule has 2 N–H and O–H groups in total. The summed E-state index contributed by atoms with van der Waals surface area (Å²) in [5, 5.41) is 12.2. The molecule has 1 aliphatic heterocycles. The molecule has 4 nitrogen and oxygen atoms in total.